The van der Waals surface area contributed by atoms with E-state index in [1.54, 1.807) is 28.4 Å². The molecule has 1 N–H and O–H groups in total. The maximum Gasteiger partial charge on any atom is 0.338 e. The van der Waals surface area contributed by atoms with Crippen LogP contribution in [0.3, 0.4) is 0 Å². The lowest BCUT2D eigenvalue weighted by Gasteiger charge is -2.40. The first-order chi connectivity index (χ1) is 25.2. The Hall–Kier alpha value is -5.51. The number of carbonyl (C=O) groups excluding carboxylic acids is 1. The summed E-state index contributed by atoms with van der Waals surface area (Å²) in [5, 5.41) is 10.9. The van der Waals surface area contributed by atoms with Gasteiger partial charge in [0.25, 0.3) is 0 Å². The van der Waals surface area contributed by atoms with Gasteiger partial charge in [-0.05, 0) is 70.1 Å². The van der Waals surface area contributed by atoms with Gasteiger partial charge in [-0.2, -0.15) is 0 Å². The Labute approximate surface area is 303 Å². The van der Waals surface area contributed by atoms with E-state index in [0.29, 0.717) is 39.9 Å². The quantitative estimate of drug-likeness (QED) is 0.105. The number of fused-ring (bicyclic) bond motifs is 8. The number of benzene rings is 5. The first kappa shape index (κ1) is 34.9. The number of aliphatic hydroxyl groups excluding tert-OH is 1. The first-order valence-corrected chi connectivity index (χ1v) is 17.2. The molecule has 9 heteroatoms. The van der Waals surface area contributed by atoms with E-state index in [2.05, 4.69) is 26.0 Å². The third kappa shape index (κ3) is 5.61. The van der Waals surface area contributed by atoms with Crippen molar-refractivity contribution in [1.29, 1.82) is 0 Å². The molecule has 268 valence electrons. The minimum absolute atomic E-state index is 0.00511. The van der Waals surface area contributed by atoms with Crippen LogP contribution in [0.2, 0.25) is 0 Å². The second-order valence-electron chi connectivity index (χ2n) is 13.2. The number of hydrogen-bond donors (Lipinski definition) is 1. The van der Waals surface area contributed by atoms with E-state index < -0.39 is 17.0 Å². The minimum Gasteiger partial charge on any atom is -0.497 e. The molecule has 0 amide bonds. The largest absolute Gasteiger partial charge is 0.497 e. The van der Waals surface area contributed by atoms with Gasteiger partial charge in [-0.15, -0.1) is 0 Å². The molecule has 0 spiro atoms. The monoisotopic (exact) mass is 702 g/mol. The van der Waals surface area contributed by atoms with Crippen LogP contribution in [-0.4, -0.2) is 65.9 Å². The third-order valence-electron chi connectivity index (χ3n) is 10.1. The van der Waals surface area contributed by atoms with Crippen LogP contribution < -0.4 is 23.7 Å². The Morgan fingerprint density at radius 1 is 0.712 bits per heavy atom. The number of methoxy groups -OCH3 is 4. The van der Waals surface area contributed by atoms with Gasteiger partial charge in [0.05, 0.1) is 53.8 Å². The summed E-state index contributed by atoms with van der Waals surface area (Å²) in [4.78, 5) is 14.7. The Bertz CT molecular complexity index is 2120. The Balaban J connectivity index is 1.59. The van der Waals surface area contributed by atoms with Crippen molar-refractivity contribution < 1.29 is 43.1 Å². The zero-order valence-corrected chi connectivity index (χ0v) is 30.2. The topological polar surface area (TPSA) is 102 Å². The number of rotatable bonds is 12. The van der Waals surface area contributed by atoms with Crippen molar-refractivity contribution in [2.45, 2.75) is 24.9 Å². The summed E-state index contributed by atoms with van der Waals surface area (Å²) in [6.07, 6.45) is 1.88. The zero-order valence-electron chi connectivity index (χ0n) is 30.2. The fourth-order valence-electron chi connectivity index (χ4n) is 7.62. The number of ether oxygens (including phenoxy) is 7. The van der Waals surface area contributed by atoms with E-state index in [1.165, 1.54) is 0 Å². The molecule has 5 aromatic carbocycles. The highest BCUT2D eigenvalue weighted by Crippen LogP contribution is 2.60. The van der Waals surface area contributed by atoms with Gasteiger partial charge in [0.1, 0.15) is 23.9 Å². The molecule has 7 rings (SSSR count). The summed E-state index contributed by atoms with van der Waals surface area (Å²) in [5.74, 6) is 2.42. The molecule has 0 saturated carbocycles. The number of aliphatic hydroxyl groups is 1. The minimum atomic E-state index is -1.31. The molecular formula is C43H42O9. The maximum absolute atomic E-state index is 14.7. The van der Waals surface area contributed by atoms with Crippen molar-refractivity contribution in [2.24, 2.45) is 0 Å². The summed E-state index contributed by atoms with van der Waals surface area (Å²) in [6, 6.07) is 27.5. The SMILES string of the molecule is COc1ccc(C2(c3ccc(OC)cc3)C=C(C(=O)OCCOCCO)c3c4c(c5cc(OC)c(OC)cc5c3O2)-c2ccccc2C4(C)C)cc1. The molecule has 0 fully saturated rings. The molecule has 0 saturated heterocycles. The van der Waals surface area contributed by atoms with Crippen LogP contribution >= 0.6 is 0 Å². The smallest absolute Gasteiger partial charge is 0.338 e. The van der Waals surface area contributed by atoms with E-state index in [1.807, 2.05) is 78.9 Å². The standard InChI is InChI=1S/C43H42O9/c1-42(2)34-10-8-7-9-30(34)37-31-23-35(48-5)36(49-6)24-32(31)40-38(39(37)42)33(41(45)51-22-21-50-20-19-44)25-43(52-40,26-11-15-28(46-3)16-12-26)27-13-17-29(47-4)18-14-27/h7-18,23-25,44H,19-22H2,1-6H3. The lowest BCUT2D eigenvalue weighted by atomic mass is 9.74. The van der Waals surface area contributed by atoms with Gasteiger partial charge in [-0.25, -0.2) is 4.79 Å². The number of esters is 1. The summed E-state index contributed by atoms with van der Waals surface area (Å²) < 4.78 is 41.6. The molecule has 0 radical (unpaired) electrons. The van der Waals surface area contributed by atoms with Crippen LogP contribution in [0.25, 0.3) is 27.5 Å². The van der Waals surface area contributed by atoms with E-state index in [4.69, 9.17) is 33.2 Å². The highest BCUT2D eigenvalue weighted by molar-refractivity contribution is 6.23. The molecular weight excluding hydrogens is 660 g/mol. The van der Waals surface area contributed by atoms with E-state index >= 15 is 0 Å². The average Bonchev–Trinajstić information content (AvgIpc) is 3.43. The van der Waals surface area contributed by atoms with Crippen molar-refractivity contribution in [1.82, 2.24) is 0 Å². The van der Waals surface area contributed by atoms with Crippen LogP contribution in [0.4, 0.5) is 0 Å². The average molecular weight is 703 g/mol. The molecule has 0 aromatic heterocycles. The molecule has 1 aliphatic heterocycles. The summed E-state index contributed by atoms with van der Waals surface area (Å²) in [7, 11) is 6.46. The zero-order chi connectivity index (χ0) is 36.6. The van der Waals surface area contributed by atoms with Crippen LogP contribution in [-0.2, 0) is 25.3 Å². The van der Waals surface area contributed by atoms with Crippen molar-refractivity contribution >= 4 is 22.3 Å². The molecule has 1 heterocycles. The fourth-order valence-corrected chi connectivity index (χ4v) is 7.62. The lowest BCUT2D eigenvalue weighted by molar-refractivity contribution is -0.138. The molecule has 0 unspecified atom stereocenters. The van der Waals surface area contributed by atoms with Gasteiger partial charge in [-0.1, -0.05) is 62.4 Å². The molecule has 1 aliphatic carbocycles. The van der Waals surface area contributed by atoms with Crippen LogP contribution in [0.5, 0.6) is 28.7 Å². The normalized spacial score (nSPS) is 14.7. The Kier molecular flexibility index (Phi) is 9.33. The second-order valence-corrected chi connectivity index (χ2v) is 13.2. The van der Waals surface area contributed by atoms with Crippen LogP contribution in [0.15, 0.2) is 91.0 Å². The molecule has 5 aromatic rings. The first-order valence-electron chi connectivity index (χ1n) is 17.2. The van der Waals surface area contributed by atoms with Gasteiger partial charge in [0.15, 0.2) is 17.1 Å². The highest BCUT2D eigenvalue weighted by atomic mass is 16.6. The molecule has 9 nitrogen and oxygen atoms in total. The van der Waals surface area contributed by atoms with Gasteiger partial charge in [-0.3, -0.25) is 0 Å². The Morgan fingerprint density at radius 2 is 1.31 bits per heavy atom. The van der Waals surface area contributed by atoms with Crippen molar-refractivity contribution in [3.63, 3.8) is 0 Å². The van der Waals surface area contributed by atoms with Gasteiger partial charge >= 0.3 is 5.97 Å². The van der Waals surface area contributed by atoms with Crippen molar-refractivity contribution in [3.8, 4) is 39.9 Å². The van der Waals surface area contributed by atoms with Gasteiger partial charge in [0, 0.05) is 27.5 Å². The predicted molar refractivity (Wildman–Crippen MR) is 199 cm³/mol. The highest BCUT2D eigenvalue weighted by Gasteiger charge is 2.48. The summed E-state index contributed by atoms with van der Waals surface area (Å²) in [5.41, 5.74) is 4.80. The fraction of sp³-hybridized carbons (Fsp3) is 0.279. The van der Waals surface area contributed by atoms with E-state index in [9.17, 15) is 9.90 Å². The van der Waals surface area contributed by atoms with Crippen LogP contribution in [0.1, 0.15) is 41.7 Å². The molecule has 52 heavy (non-hydrogen) atoms. The Morgan fingerprint density at radius 3 is 1.88 bits per heavy atom. The number of hydrogen-bond acceptors (Lipinski definition) is 9. The maximum atomic E-state index is 14.7. The van der Waals surface area contributed by atoms with Gasteiger partial charge < -0.3 is 38.3 Å². The van der Waals surface area contributed by atoms with Gasteiger partial charge in [0.2, 0.25) is 0 Å². The molecule has 2 aliphatic rings. The third-order valence-corrected chi connectivity index (χ3v) is 10.1. The van der Waals surface area contributed by atoms with Crippen molar-refractivity contribution in [3.05, 3.63) is 119 Å². The lowest BCUT2D eigenvalue weighted by Crippen LogP contribution is -2.37. The molecule has 0 bridgehead atoms. The number of carbonyl (C=O) groups is 1. The van der Waals surface area contributed by atoms with Crippen molar-refractivity contribution in [2.75, 3.05) is 54.9 Å². The van der Waals surface area contributed by atoms with E-state index in [-0.39, 0.29) is 26.4 Å². The molecule has 0 atom stereocenters. The summed E-state index contributed by atoms with van der Waals surface area (Å²) in [6.45, 7) is 4.49. The predicted octanol–water partition coefficient (Wildman–Crippen LogP) is 7.45. The summed E-state index contributed by atoms with van der Waals surface area (Å²) >= 11 is 0. The van der Waals surface area contributed by atoms with E-state index in [0.717, 1.165) is 44.2 Å². The van der Waals surface area contributed by atoms with Crippen LogP contribution in [0, 0.1) is 0 Å². The second kappa shape index (κ2) is 13.9.